The van der Waals surface area contributed by atoms with E-state index in [-0.39, 0.29) is 30.4 Å². The van der Waals surface area contributed by atoms with E-state index in [0.717, 1.165) is 22.9 Å². The number of benzene rings is 2. The number of nitrogens with zero attached hydrogens (tertiary/aromatic N) is 4. The number of fused-ring (bicyclic) bond motifs is 2. The average Bonchev–Trinajstić information content (AvgIpc) is 3.09. The number of hydrogen-bond acceptors (Lipinski definition) is 4. The molecule has 0 fully saturated rings. The van der Waals surface area contributed by atoms with Crippen LogP contribution >= 0.6 is 0 Å². The zero-order valence-electron chi connectivity index (χ0n) is 17.0. The average molecular weight is 407 g/mol. The van der Waals surface area contributed by atoms with E-state index in [1.54, 1.807) is 6.92 Å². The molecule has 0 atom stereocenters. The number of hydrogen-bond donors (Lipinski definition) is 1. The molecule has 0 saturated heterocycles. The van der Waals surface area contributed by atoms with Crippen LogP contribution < -0.4 is 10.9 Å². The van der Waals surface area contributed by atoms with E-state index in [2.05, 4.69) is 33.7 Å². The molecule has 30 heavy (non-hydrogen) atoms. The minimum Gasteiger partial charge on any atom is -0.347 e. The lowest BCUT2D eigenvalue weighted by atomic mass is 10.2. The van der Waals surface area contributed by atoms with Gasteiger partial charge in [0.05, 0.1) is 28.5 Å². The van der Waals surface area contributed by atoms with Gasteiger partial charge in [0.15, 0.2) is 0 Å². The highest BCUT2D eigenvalue weighted by molar-refractivity contribution is 5.80. The first-order valence-corrected chi connectivity index (χ1v) is 9.74. The van der Waals surface area contributed by atoms with Crippen molar-refractivity contribution >= 4 is 27.8 Å². The molecule has 4 rings (SSSR count). The lowest BCUT2D eigenvalue weighted by Crippen LogP contribution is -2.34. The fourth-order valence-corrected chi connectivity index (χ4v) is 3.66. The summed E-state index contributed by atoms with van der Waals surface area (Å²) in [7, 11) is 0. The summed E-state index contributed by atoms with van der Waals surface area (Å²) in [5.74, 6) is 0.264. The number of aromatic nitrogens is 4. The van der Waals surface area contributed by atoms with Gasteiger partial charge in [-0.05, 0) is 51.1 Å². The Morgan fingerprint density at radius 3 is 2.67 bits per heavy atom. The Kier molecular flexibility index (Phi) is 5.07. The van der Waals surface area contributed by atoms with Crippen LogP contribution in [-0.4, -0.2) is 25.0 Å². The van der Waals surface area contributed by atoms with Gasteiger partial charge in [-0.2, -0.15) is 0 Å². The molecular formula is C22H22FN5O2. The number of aryl methyl sites for hydroxylation is 1. The van der Waals surface area contributed by atoms with Crippen LogP contribution in [0.1, 0.15) is 31.5 Å². The van der Waals surface area contributed by atoms with Crippen molar-refractivity contribution in [3.05, 3.63) is 70.3 Å². The lowest BCUT2D eigenvalue weighted by Gasteiger charge is -2.14. The van der Waals surface area contributed by atoms with Crippen molar-refractivity contribution in [3.63, 3.8) is 0 Å². The summed E-state index contributed by atoms with van der Waals surface area (Å²) in [5.41, 5.74) is 1.83. The van der Waals surface area contributed by atoms with Crippen LogP contribution in [0.2, 0.25) is 0 Å². The molecule has 2 aromatic heterocycles. The van der Waals surface area contributed by atoms with Gasteiger partial charge in [-0.15, -0.1) is 0 Å². The lowest BCUT2D eigenvalue weighted by molar-refractivity contribution is -0.122. The molecule has 0 aliphatic carbocycles. The molecule has 4 aromatic rings. The molecule has 0 saturated carbocycles. The maximum Gasteiger partial charge on any atom is 0.261 e. The summed E-state index contributed by atoms with van der Waals surface area (Å²) in [6.07, 6.45) is 0. The Morgan fingerprint density at radius 1 is 1.13 bits per heavy atom. The predicted molar refractivity (Wildman–Crippen MR) is 113 cm³/mol. The predicted octanol–water partition coefficient (Wildman–Crippen LogP) is 3.09. The van der Waals surface area contributed by atoms with Crippen molar-refractivity contribution < 1.29 is 9.18 Å². The SMILES string of the molecule is Cc1nc2ccc(F)cc2c(=O)n1CC(=O)NCc1nc2ccccc2n1C(C)C. The molecular weight excluding hydrogens is 385 g/mol. The molecule has 0 aliphatic rings. The highest BCUT2D eigenvalue weighted by Crippen LogP contribution is 2.20. The van der Waals surface area contributed by atoms with Crippen LogP contribution in [0.15, 0.2) is 47.3 Å². The molecule has 0 unspecified atom stereocenters. The summed E-state index contributed by atoms with van der Waals surface area (Å²) < 4.78 is 16.9. The smallest absolute Gasteiger partial charge is 0.261 e. The van der Waals surface area contributed by atoms with Crippen LogP contribution in [0.4, 0.5) is 4.39 Å². The van der Waals surface area contributed by atoms with Gasteiger partial charge in [0.25, 0.3) is 5.56 Å². The van der Waals surface area contributed by atoms with Crippen molar-refractivity contribution in [3.8, 4) is 0 Å². The Balaban J connectivity index is 1.57. The topological polar surface area (TPSA) is 81.8 Å². The van der Waals surface area contributed by atoms with Crippen LogP contribution in [-0.2, 0) is 17.9 Å². The maximum absolute atomic E-state index is 13.5. The van der Waals surface area contributed by atoms with Gasteiger partial charge in [-0.25, -0.2) is 14.4 Å². The summed E-state index contributed by atoms with van der Waals surface area (Å²) in [6, 6.07) is 11.8. The number of rotatable bonds is 5. The number of imidazole rings is 1. The van der Waals surface area contributed by atoms with Gasteiger partial charge in [-0.3, -0.25) is 14.2 Å². The third kappa shape index (κ3) is 3.56. The van der Waals surface area contributed by atoms with Gasteiger partial charge in [0.1, 0.15) is 24.0 Å². The van der Waals surface area contributed by atoms with Gasteiger partial charge < -0.3 is 9.88 Å². The van der Waals surface area contributed by atoms with E-state index in [1.807, 2.05) is 24.3 Å². The quantitative estimate of drug-likeness (QED) is 0.551. The largest absolute Gasteiger partial charge is 0.347 e. The van der Waals surface area contributed by atoms with Crippen molar-refractivity contribution in [2.24, 2.45) is 0 Å². The summed E-state index contributed by atoms with van der Waals surface area (Å²) >= 11 is 0. The van der Waals surface area contributed by atoms with E-state index in [9.17, 15) is 14.0 Å². The zero-order valence-corrected chi connectivity index (χ0v) is 17.0. The Hall–Kier alpha value is -3.55. The molecule has 0 spiro atoms. The fourth-order valence-electron chi connectivity index (χ4n) is 3.66. The van der Waals surface area contributed by atoms with Crippen LogP contribution in [0.25, 0.3) is 21.9 Å². The molecule has 8 heteroatoms. The van der Waals surface area contributed by atoms with Gasteiger partial charge in [0, 0.05) is 6.04 Å². The minimum atomic E-state index is -0.520. The van der Waals surface area contributed by atoms with Gasteiger partial charge >= 0.3 is 0 Å². The molecule has 2 aromatic carbocycles. The summed E-state index contributed by atoms with van der Waals surface area (Å²) in [6.45, 7) is 5.79. The maximum atomic E-state index is 13.5. The molecule has 154 valence electrons. The highest BCUT2D eigenvalue weighted by atomic mass is 19.1. The summed E-state index contributed by atoms with van der Waals surface area (Å²) in [5, 5.41) is 2.98. The van der Waals surface area contributed by atoms with E-state index in [1.165, 1.54) is 16.7 Å². The van der Waals surface area contributed by atoms with E-state index >= 15 is 0 Å². The van der Waals surface area contributed by atoms with E-state index < -0.39 is 11.4 Å². The normalized spacial score (nSPS) is 11.5. The standard InChI is InChI=1S/C22H22FN5O2/c1-13(2)28-19-7-5-4-6-18(19)26-20(28)11-24-21(29)12-27-14(3)25-17-9-8-15(23)10-16(17)22(27)30/h4-10,13H,11-12H2,1-3H3,(H,24,29). The van der Waals surface area contributed by atoms with Crippen molar-refractivity contribution in [1.82, 2.24) is 24.4 Å². The number of halogens is 1. The Labute approximate surface area is 172 Å². The number of para-hydroxylation sites is 2. The number of carbonyl (C=O) groups excluding carboxylic acids is 1. The fraction of sp³-hybridized carbons (Fsp3) is 0.273. The van der Waals surface area contributed by atoms with Crippen LogP contribution in [0.3, 0.4) is 0 Å². The molecule has 7 nitrogen and oxygen atoms in total. The molecule has 2 heterocycles. The third-order valence-electron chi connectivity index (χ3n) is 5.04. The molecule has 1 amide bonds. The molecule has 0 aliphatic heterocycles. The third-order valence-corrected chi connectivity index (χ3v) is 5.04. The number of nitrogens with one attached hydrogen (secondary N) is 1. The molecule has 1 N–H and O–H groups in total. The van der Waals surface area contributed by atoms with Crippen molar-refractivity contribution in [1.29, 1.82) is 0 Å². The Morgan fingerprint density at radius 2 is 1.90 bits per heavy atom. The highest BCUT2D eigenvalue weighted by Gasteiger charge is 2.15. The van der Waals surface area contributed by atoms with Gasteiger partial charge in [0.2, 0.25) is 5.91 Å². The number of carbonyl (C=O) groups is 1. The summed E-state index contributed by atoms with van der Waals surface area (Å²) in [4.78, 5) is 34.3. The second kappa shape index (κ2) is 7.70. The van der Waals surface area contributed by atoms with Crippen LogP contribution in [0.5, 0.6) is 0 Å². The second-order valence-corrected chi connectivity index (χ2v) is 7.47. The second-order valence-electron chi connectivity index (χ2n) is 7.47. The first-order valence-electron chi connectivity index (χ1n) is 9.74. The van der Waals surface area contributed by atoms with E-state index in [0.29, 0.717) is 11.3 Å². The van der Waals surface area contributed by atoms with Crippen LogP contribution in [0, 0.1) is 12.7 Å². The monoisotopic (exact) mass is 407 g/mol. The molecule has 0 radical (unpaired) electrons. The first-order chi connectivity index (χ1) is 14.3. The van der Waals surface area contributed by atoms with Gasteiger partial charge in [-0.1, -0.05) is 12.1 Å². The Bertz CT molecular complexity index is 1320. The van der Waals surface area contributed by atoms with Crippen molar-refractivity contribution in [2.45, 2.75) is 39.9 Å². The van der Waals surface area contributed by atoms with Crippen molar-refractivity contribution in [2.75, 3.05) is 0 Å². The minimum absolute atomic E-state index is 0.148. The number of amides is 1. The first kappa shape index (κ1) is 19.8. The molecule has 0 bridgehead atoms. The van der Waals surface area contributed by atoms with E-state index in [4.69, 9.17) is 0 Å². The zero-order chi connectivity index (χ0) is 21.4.